The van der Waals surface area contributed by atoms with Crippen LogP contribution in [0.3, 0.4) is 0 Å². The molecule has 1 amide bonds. The van der Waals surface area contributed by atoms with Gasteiger partial charge in [0.1, 0.15) is 6.54 Å². The second-order valence-corrected chi connectivity index (χ2v) is 5.41. The van der Waals surface area contributed by atoms with Crippen molar-refractivity contribution >= 4 is 11.6 Å². The Morgan fingerprint density at radius 2 is 2.00 bits per heavy atom. The summed E-state index contributed by atoms with van der Waals surface area (Å²) in [7, 11) is 0. The molecule has 23 heavy (non-hydrogen) atoms. The first-order valence-corrected chi connectivity index (χ1v) is 7.55. The Kier molecular flexibility index (Phi) is 4.52. The molecule has 0 aliphatic rings. The average molecular weight is 309 g/mol. The number of rotatable bonds is 6. The predicted molar refractivity (Wildman–Crippen MR) is 88.0 cm³/mol. The van der Waals surface area contributed by atoms with Crippen LogP contribution < -0.4 is 5.32 Å². The topological polar surface area (TPSA) is 64.7 Å². The monoisotopic (exact) mass is 309 g/mol. The molecule has 6 heteroatoms. The van der Waals surface area contributed by atoms with Crippen molar-refractivity contribution < 1.29 is 4.79 Å². The first-order valence-electron chi connectivity index (χ1n) is 7.55. The van der Waals surface area contributed by atoms with E-state index in [4.69, 9.17) is 0 Å². The van der Waals surface area contributed by atoms with Gasteiger partial charge in [-0.15, -0.1) is 0 Å². The van der Waals surface area contributed by atoms with Crippen molar-refractivity contribution in [2.45, 2.75) is 26.4 Å². The van der Waals surface area contributed by atoms with Gasteiger partial charge in [-0.2, -0.15) is 10.2 Å². The minimum atomic E-state index is -0.112. The molecular formula is C17H19N5O. The Morgan fingerprint density at radius 1 is 1.17 bits per heavy atom. The second-order valence-electron chi connectivity index (χ2n) is 5.41. The van der Waals surface area contributed by atoms with Gasteiger partial charge in [0.25, 0.3) is 0 Å². The van der Waals surface area contributed by atoms with E-state index < -0.39 is 0 Å². The molecule has 2 aromatic heterocycles. The molecule has 0 aliphatic carbocycles. The number of carbonyl (C=O) groups is 1. The first-order chi connectivity index (χ1) is 11.2. The molecule has 0 aliphatic heterocycles. The van der Waals surface area contributed by atoms with E-state index >= 15 is 0 Å². The van der Waals surface area contributed by atoms with Gasteiger partial charge in [0.05, 0.1) is 11.9 Å². The maximum Gasteiger partial charge on any atom is 0.246 e. The van der Waals surface area contributed by atoms with Gasteiger partial charge in [-0.25, -0.2) is 0 Å². The number of aryl methyl sites for hydroxylation is 3. The third-order valence-electron chi connectivity index (χ3n) is 3.61. The fourth-order valence-electron chi connectivity index (χ4n) is 2.34. The van der Waals surface area contributed by atoms with Crippen molar-refractivity contribution in [2.24, 2.45) is 0 Å². The molecule has 6 nitrogen and oxygen atoms in total. The molecule has 0 unspecified atom stereocenters. The molecule has 0 saturated heterocycles. The smallest absolute Gasteiger partial charge is 0.246 e. The van der Waals surface area contributed by atoms with Crippen LogP contribution in [0.1, 0.15) is 11.3 Å². The number of nitrogens with zero attached hydrogens (tertiary/aromatic N) is 4. The fourth-order valence-corrected chi connectivity index (χ4v) is 2.34. The number of hydrogen-bond donors (Lipinski definition) is 1. The third kappa shape index (κ3) is 4.06. The third-order valence-corrected chi connectivity index (χ3v) is 3.61. The first kappa shape index (κ1) is 15.0. The van der Waals surface area contributed by atoms with Crippen LogP contribution in [-0.2, 0) is 24.3 Å². The molecule has 0 saturated carbocycles. The van der Waals surface area contributed by atoms with E-state index in [-0.39, 0.29) is 12.5 Å². The standard InChI is InChI=1S/C17H19N5O/c1-14-7-9-18-22(14)13-17(23)20-16-11-19-21(12-16)10-8-15-5-3-2-4-6-15/h2-7,9,11-12H,8,10,13H2,1H3,(H,20,23). The quantitative estimate of drug-likeness (QED) is 0.759. The molecule has 3 aromatic rings. The van der Waals surface area contributed by atoms with Gasteiger partial charge >= 0.3 is 0 Å². The Morgan fingerprint density at radius 3 is 2.74 bits per heavy atom. The van der Waals surface area contributed by atoms with E-state index in [1.54, 1.807) is 17.1 Å². The van der Waals surface area contributed by atoms with E-state index in [1.807, 2.05) is 42.1 Å². The zero-order chi connectivity index (χ0) is 16.1. The lowest BCUT2D eigenvalue weighted by molar-refractivity contribution is -0.116. The predicted octanol–water partition coefficient (Wildman–Crippen LogP) is 2.27. The molecule has 1 N–H and O–H groups in total. The maximum absolute atomic E-state index is 12.0. The highest BCUT2D eigenvalue weighted by molar-refractivity contribution is 5.90. The Bertz CT molecular complexity index is 775. The minimum Gasteiger partial charge on any atom is -0.322 e. The number of anilines is 1. The van der Waals surface area contributed by atoms with Gasteiger partial charge in [-0.3, -0.25) is 14.2 Å². The molecule has 0 spiro atoms. The summed E-state index contributed by atoms with van der Waals surface area (Å²) in [6.07, 6.45) is 6.10. The molecule has 2 heterocycles. The summed E-state index contributed by atoms with van der Waals surface area (Å²) >= 11 is 0. The normalized spacial score (nSPS) is 10.7. The van der Waals surface area contributed by atoms with Crippen LogP contribution in [-0.4, -0.2) is 25.5 Å². The van der Waals surface area contributed by atoms with Crippen LogP contribution in [0.5, 0.6) is 0 Å². The summed E-state index contributed by atoms with van der Waals surface area (Å²) in [6, 6.07) is 12.1. The number of benzene rings is 1. The van der Waals surface area contributed by atoms with Gasteiger partial charge in [0.15, 0.2) is 0 Å². The van der Waals surface area contributed by atoms with Crippen LogP contribution in [0.15, 0.2) is 55.0 Å². The lowest BCUT2D eigenvalue weighted by atomic mass is 10.1. The van der Waals surface area contributed by atoms with E-state index in [0.29, 0.717) is 5.69 Å². The van der Waals surface area contributed by atoms with Crippen molar-refractivity contribution in [1.29, 1.82) is 0 Å². The summed E-state index contributed by atoms with van der Waals surface area (Å²) in [5, 5.41) is 11.2. The second kappa shape index (κ2) is 6.91. The van der Waals surface area contributed by atoms with Crippen molar-refractivity contribution in [2.75, 3.05) is 5.32 Å². The van der Waals surface area contributed by atoms with Crippen molar-refractivity contribution in [1.82, 2.24) is 19.6 Å². The summed E-state index contributed by atoms with van der Waals surface area (Å²) in [5.74, 6) is -0.112. The highest BCUT2D eigenvalue weighted by Gasteiger charge is 2.07. The molecule has 1 aromatic carbocycles. The van der Waals surface area contributed by atoms with Gasteiger partial charge in [0.2, 0.25) is 5.91 Å². The number of nitrogens with one attached hydrogen (secondary N) is 1. The molecule has 118 valence electrons. The van der Waals surface area contributed by atoms with Crippen LogP contribution in [0.4, 0.5) is 5.69 Å². The molecule has 3 rings (SSSR count). The van der Waals surface area contributed by atoms with E-state index in [1.165, 1.54) is 5.56 Å². The zero-order valence-electron chi connectivity index (χ0n) is 13.0. The van der Waals surface area contributed by atoms with Crippen molar-refractivity contribution in [3.8, 4) is 0 Å². The van der Waals surface area contributed by atoms with Crippen LogP contribution in [0, 0.1) is 6.92 Å². The summed E-state index contributed by atoms with van der Waals surface area (Å²) in [4.78, 5) is 12.0. The van der Waals surface area contributed by atoms with Gasteiger partial charge < -0.3 is 5.32 Å². The molecule has 0 atom stereocenters. The number of carbonyl (C=O) groups excluding carboxylic acids is 1. The molecule has 0 radical (unpaired) electrons. The van der Waals surface area contributed by atoms with Crippen LogP contribution in [0.25, 0.3) is 0 Å². The Hall–Kier alpha value is -2.89. The zero-order valence-corrected chi connectivity index (χ0v) is 13.0. The number of hydrogen-bond acceptors (Lipinski definition) is 3. The van der Waals surface area contributed by atoms with Crippen molar-refractivity contribution in [3.63, 3.8) is 0 Å². The summed E-state index contributed by atoms with van der Waals surface area (Å²) in [5.41, 5.74) is 2.93. The SMILES string of the molecule is Cc1ccnn1CC(=O)Nc1cnn(CCc2ccccc2)c1. The van der Waals surface area contributed by atoms with Crippen molar-refractivity contribution in [3.05, 3.63) is 66.2 Å². The van der Waals surface area contributed by atoms with Gasteiger partial charge in [0, 0.05) is 24.6 Å². The Labute approximate surface area is 134 Å². The summed E-state index contributed by atoms with van der Waals surface area (Å²) < 4.78 is 3.50. The average Bonchev–Trinajstić information content (AvgIpc) is 3.16. The van der Waals surface area contributed by atoms with E-state index in [0.717, 1.165) is 18.7 Å². The van der Waals surface area contributed by atoms with E-state index in [2.05, 4.69) is 27.6 Å². The van der Waals surface area contributed by atoms with E-state index in [9.17, 15) is 4.79 Å². The number of aromatic nitrogens is 4. The van der Waals surface area contributed by atoms with Crippen LogP contribution >= 0.6 is 0 Å². The van der Waals surface area contributed by atoms with Crippen LogP contribution in [0.2, 0.25) is 0 Å². The lowest BCUT2D eigenvalue weighted by Gasteiger charge is -2.04. The number of amides is 1. The highest BCUT2D eigenvalue weighted by atomic mass is 16.2. The van der Waals surface area contributed by atoms with Gasteiger partial charge in [-0.05, 0) is 25.0 Å². The molecule has 0 bridgehead atoms. The van der Waals surface area contributed by atoms with Gasteiger partial charge in [-0.1, -0.05) is 30.3 Å². The molecular weight excluding hydrogens is 290 g/mol. The fraction of sp³-hybridized carbons (Fsp3) is 0.235. The Balaban J connectivity index is 1.53. The highest BCUT2D eigenvalue weighted by Crippen LogP contribution is 2.07. The molecule has 0 fully saturated rings. The lowest BCUT2D eigenvalue weighted by Crippen LogP contribution is -2.19. The minimum absolute atomic E-state index is 0.112. The summed E-state index contributed by atoms with van der Waals surface area (Å²) in [6.45, 7) is 2.90. The largest absolute Gasteiger partial charge is 0.322 e. The maximum atomic E-state index is 12.0.